The van der Waals surface area contributed by atoms with Crippen molar-refractivity contribution in [3.8, 4) is 0 Å². The Morgan fingerprint density at radius 1 is 0.280 bits per heavy atom. The predicted molar refractivity (Wildman–Crippen MR) is 132 cm³/mol. The van der Waals surface area contributed by atoms with E-state index in [0.29, 0.717) is 0 Å². The second-order valence-electron chi connectivity index (χ2n) is 11.6. The third kappa shape index (κ3) is 13.8. The van der Waals surface area contributed by atoms with Gasteiger partial charge in [0.1, 0.15) is 16.5 Å². The van der Waals surface area contributed by atoms with Crippen LogP contribution in [0.4, 0.5) is 0 Å². The molecule has 0 unspecified atom stereocenters. The fourth-order valence-electron chi connectivity index (χ4n) is 4.34. The lowest BCUT2D eigenvalue weighted by molar-refractivity contribution is 1.08. The summed E-state index contributed by atoms with van der Waals surface area (Å²) >= 11 is 0. The van der Waals surface area contributed by atoms with E-state index in [1.807, 2.05) is 0 Å². The molecule has 0 atom stereocenters. The zero-order valence-electron chi connectivity index (χ0n) is 19.5. The highest BCUT2D eigenvalue weighted by Crippen LogP contribution is 2.10. The number of hydrogen-bond donors (Lipinski definition) is 5. The summed E-state index contributed by atoms with van der Waals surface area (Å²) in [5, 5.41) is 0. The van der Waals surface area contributed by atoms with E-state index >= 15 is 0 Å². The molecule has 0 spiro atoms. The predicted octanol–water partition coefficient (Wildman–Crippen LogP) is 3.41. The number of nitrogens with one attached hydrogen (secondary N) is 5. The first-order valence-electron chi connectivity index (χ1n) is 9.50. The van der Waals surface area contributed by atoms with Gasteiger partial charge in [-0.2, -0.15) is 0 Å². The van der Waals surface area contributed by atoms with Gasteiger partial charge < -0.3 is 23.2 Å². The minimum Gasteiger partial charge on any atom is -0.348 e. The molecule has 5 N–H and O–H groups in total. The molecular formula is C14H47N5Si6. The van der Waals surface area contributed by atoms with E-state index in [1.54, 1.807) is 0 Å². The van der Waals surface area contributed by atoms with Crippen LogP contribution >= 0.6 is 0 Å². The SMILES string of the molecule is C[Si](C)(C)N[Si](C)(C)N[Si](C)(C)N[Si](C)(C)N[Si](C)(C)N[Si](C)(C)C. The molecule has 0 saturated heterocycles. The maximum atomic E-state index is 4.09. The van der Waals surface area contributed by atoms with Gasteiger partial charge in [-0.15, -0.1) is 0 Å². The van der Waals surface area contributed by atoms with Gasteiger partial charge in [-0.3, -0.25) is 0 Å². The van der Waals surface area contributed by atoms with E-state index in [-0.39, 0.29) is 0 Å². The van der Waals surface area contributed by atoms with Gasteiger partial charge in [-0.05, 0) is 52.4 Å². The zero-order chi connectivity index (χ0) is 20.5. The van der Waals surface area contributed by atoms with Crippen LogP contribution in [0.25, 0.3) is 0 Å². The first-order valence-corrected chi connectivity index (χ1v) is 28.5. The van der Waals surface area contributed by atoms with E-state index in [0.717, 1.165) is 0 Å². The van der Waals surface area contributed by atoms with Gasteiger partial charge in [0.15, 0.2) is 33.6 Å². The molecule has 0 aromatic rings. The lowest BCUT2D eigenvalue weighted by atomic mass is 11.8. The van der Waals surface area contributed by atoms with E-state index in [2.05, 4.69) is 115 Å². The summed E-state index contributed by atoms with van der Waals surface area (Å²) in [6, 6.07) is 0. The van der Waals surface area contributed by atoms with Crippen molar-refractivity contribution in [3.05, 3.63) is 0 Å². The van der Waals surface area contributed by atoms with E-state index < -0.39 is 50.1 Å². The standard InChI is InChI=1S/C14H47N5Si6/c1-20(2,3)15-22(7,8)17-24(11,12)19-25(13,14)18-23(9,10)16-21(4,5)6/h15-19H,1-14H3. The summed E-state index contributed by atoms with van der Waals surface area (Å²) < 4.78 is 20.2. The van der Waals surface area contributed by atoms with Crippen molar-refractivity contribution in [3.63, 3.8) is 0 Å². The van der Waals surface area contributed by atoms with Crippen LogP contribution in [0.2, 0.25) is 91.7 Å². The van der Waals surface area contributed by atoms with Crippen LogP contribution in [0.15, 0.2) is 0 Å². The van der Waals surface area contributed by atoms with Crippen LogP contribution in [0.5, 0.6) is 0 Å². The summed E-state index contributed by atoms with van der Waals surface area (Å²) in [5.74, 6) is 0. The van der Waals surface area contributed by atoms with E-state index in [4.69, 9.17) is 0 Å². The quantitative estimate of drug-likeness (QED) is 0.328. The maximum Gasteiger partial charge on any atom is 0.183 e. The number of hydrogen-bond acceptors (Lipinski definition) is 5. The molecule has 5 nitrogen and oxygen atoms in total. The molecule has 0 aromatic carbocycles. The lowest BCUT2D eigenvalue weighted by Gasteiger charge is -2.45. The van der Waals surface area contributed by atoms with Crippen molar-refractivity contribution in [1.29, 1.82) is 0 Å². The molecule has 0 saturated carbocycles. The molecule has 0 bridgehead atoms. The molecule has 0 aliphatic rings. The van der Waals surface area contributed by atoms with Crippen LogP contribution in [-0.4, -0.2) is 50.1 Å². The Kier molecular flexibility index (Phi) is 8.59. The summed E-state index contributed by atoms with van der Waals surface area (Å²) in [5.41, 5.74) is 0. The summed E-state index contributed by atoms with van der Waals surface area (Å²) in [4.78, 5) is 0. The van der Waals surface area contributed by atoms with Gasteiger partial charge in [-0.1, -0.05) is 39.3 Å². The molecule has 0 amide bonds. The molecule has 25 heavy (non-hydrogen) atoms. The second-order valence-corrected chi connectivity index (χ2v) is 38.6. The molecular weight excluding hydrogens is 407 g/mol. The lowest BCUT2D eigenvalue weighted by Crippen LogP contribution is -2.82. The highest BCUT2D eigenvalue weighted by Gasteiger charge is 2.41. The smallest absolute Gasteiger partial charge is 0.183 e. The Balaban J connectivity index is 5.01. The van der Waals surface area contributed by atoms with Crippen molar-refractivity contribution in [2.75, 3.05) is 0 Å². The maximum absolute atomic E-state index is 4.09. The minimum atomic E-state index is -1.71. The van der Waals surface area contributed by atoms with Crippen LogP contribution in [-0.2, 0) is 0 Å². The van der Waals surface area contributed by atoms with Crippen LogP contribution < -0.4 is 23.2 Å². The van der Waals surface area contributed by atoms with Gasteiger partial charge >= 0.3 is 0 Å². The Morgan fingerprint density at radius 2 is 0.440 bits per heavy atom. The average molecular weight is 454 g/mol. The van der Waals surface area contributed by atoms with Crippen LogP contribution in [0.1, 0.15) is 0 Å². The molecule has 11 heteroatoms. The molecule has 0 aliphatic carbocycles. The van der Waals surface area contributed by atoms with E-state index in [9.17, 15) is 0 Å². The third-order valence-electron chi connectivity index (χ3n) is 3.25. The fourth-order valence-corrected chi connectivity index (χ4v) is 41.3. The van der Waals surface area contributed by atoms with Gasteiger partial charge in [0.2, 0.25) is 0 Å². The monoisotopic (exact) mass is 453 g/mol. The molecule has 0 heterocycles. The van der Waals surface area contributed by atoms with Gasteiger partial charge in [-0.25, -0.2) is 0 Å². The zero-order valence-corrected chi connectivity index (χ0v) is 25.5. The Hall–Kier alpha value is 1.10. The number of rotatable bonds is 10. The van der Waals surface area contributed by atoms with Crippen molar-refractivity contribution in [2.24, 2.45) is 0 Å². The summed E-state index contributed by atoms with van der Waals surface area (Å²) in [7, 11) is -9.19. The van der Waals surface area contributed by atoms with Gasteiger partial charge in [0.25, 0.3) is 0 Å². The van der Waals surface area contributed by atoms with Gasteiger partial charge in [0.05, 0.1) is 0 Å². The normalized spacial score (nSPS) is 15.6. The first-order chi connectivity index (χ1) is 10.5. The Labute approximate surface area is 164 Å². The van der Waals surface area contributed by atoms with E-state index in [1.165, 1.54) is 0 Å². The molecule has 152 valence electrons. The average Bonchev–Trinajstić information content (AvgIpc) is 1.97. The third-order valence-corrected chi connectivity index (χ3v) is 29.2. The summed E-state index contributed by atoms with van der Waals surface area (Å²) in [6.07, 6.45) is 0. The Morgan fingerprint density at radius 3 is 0.600 bits per heavy atom. The van der Waals surface area contributed by atoms with Crippen molar-refractivity contribution < 1.29 is 0 Å². The van der Waals surface area contributed by atoms with Crippen LogP contribution in [0, 0.1) is 0 Å². The molecule has 0 fully saturated rings. The van der Waals surface area contributed by atoms with Crippen LogP contribution in [0.3, 0.4) is 0 Å². The highest BCUT2D eigenvalue weighted by molar-refractivity contribution is 7.02. The molecule has 0 aliphatic heterocycles. The van der Waals surface area contributed by atoms with Crippen molar-refractivity contribution in [2.45, 2.75) is 91.7 Å². The van der Waals surface area contributed by atoms with Gasteiger partial charge in [0, 0.05) is 0 Å². The highest BCUT2D eigenvalue weighted by atomic mass is 28.5. The molecule has 0 radical (unpaired) electrons. The topological polar surface area (TPSA) is 60.1 Å². The first kappa shape index (κ1) is 26.1. The van der Waals surface area contributed by atoms with Crippen molar-refractivity contribution >= 4 is 50.1 Å². The fraction of sp³-hybridized carbons (Fsp3) is 1.00. The second kappa shape index (κ2) is 8.23. The largest absolute Gasteiger partial charge is 0.348 e. The minimum absolute atomic E-state index is 1.28. The Bertz CT molecular complexity index is 400. The summed E-state index contributed by atoms with van der Waals surface area (Å²) in [6.45, 7) is 33.7. The molecule has 0 rings (SSSR count). The van der Waals surface area contributed by atoms with Crippen molar-refractivity contribution in [1.82, 2.24) is 23.2 Å². The molecule has 0 aromatic heterocycles.